The Morgan fingerprint density at radius 1 is 1.32 bits per heavy atom. The topological polar surface area (TPSA) is 70.7 Å². The van der Waals surface area contributed by atoms with Gasteiger partial charge >= 0.3 is 0 Å². The Morgan fingerprint density at radius 3 is 3.11 bits per heavy atom. The van der Waals surface area contributed by atoms with Crippen molar-refractivity contribution in [3.05, 3.63) is 60.3 Å². The lowest BCUT2D eigenvalue weighted by atomic mass is 10.1. The minimum absolute atomic E-state index is 0.111. The molecule has 0 aliphatic carbocycles. The lowest BCUT2D eigenvalue weighted by molar-refractivity contribution is 0.0950. The Labute approximate surface area is 109 Å². The van der Waals surface area contributed by atoms with Gasteiger partial charge in [0, 0.05) is 23.3 Å². The van der Waals surface area contributed by atoms with Gasteiger partial charge in [-0.1, -0.05) is 6.07 Å². The van der Waals surface area contributed by atoms with Crippen LogP contribution < -0.4 is 5.32 Å². The number of hydrogen-bond acceptors (Lipinski definition) is 3. The van der Waals surface area contributed by atoms with Crippen LogP contribution in [0.15, 0.2) is 49.1 Å². The number of hydrogen-bond donors (Lipinski definition) is 2. The van der Waals surface area contributed by atoms with Crippen molar-refractivity contribution < 1.29 is 4.79 Å². The molecule has 0 fully saturated rings. The second-order valence-electron chi connectivity index (χ2n) is 4.17. The number of carbonyl (C=O) groups excluding carboxylic acids is 1. The van der Waals surface area contributed by atoms with Crippen LogP contribution in [0.25, 0.3) is 10.9 Å². The minimum atomic E-state index is -0.111. The van der Waals surface area contributed by atoms with Crippen molar-refractivity contribution in [1.29, 1.82) is 0 Å². The molecule has 0 radical (unpaired) electrons. The molecule has 19 heavy (non-hydrogen) atoms. The molecule has 0 unspecified atom stereocenters. The SMILES string of the molecule is O=C(NCc1cnc[nH]1)c1ccc2ncccc2c1. The number of nitrogens with zero attached hydrogens (tertiary/aromatic N) is 2. The summed E-state index contributed by atoms with van der Waals surface area (Å²) in [5, 5.41) is 3.79. The van der Waals surface area contributed by atoms with Gasteiger partial charge in [0.1, 0.15) is 0 Å². The molecule has 2 aromatic heterocycles. The highest BCUT2D eigenvalue weighted by atomic mass is 16.1. The maximum absolute atomic E-state index is 12.0. The van der Waals surface area contributed by atoms with Crippen LogP contribution in [0.5, 0.6) is 0 Å². The van der Waals surface area contributed by atoms with Gasteiger partial charge in [-0.25, -0.2) is 4.98 Å². The highest BCUT2D eigenvalue weighted by Gasteiger charge is 2.06. The van der Waals surface area contributed by atoms with Crippen LogP contribution in [0.1, 0.15) is 16.1 Å². The fourth-order valence-electron chi connectivity index (χ4n) is 1.88. The lowest BCUT2D eigenvalue weighted by Crippen LogP contribution is -2.22. The Hall–Kier alpha value is -2.69. The van der Waals surface area contributed by atoms with Crippen molar-refractivity contribution in [2.24, 2.45) is 0 Å². The number of fused-ring (bicyclic) bond motifs is 1. The number of aromatic amines is 1. The summed E-state index contributed by atoms with van der Waals surface area (Å²) in [7, 11) is 0. The fourth-order valence-corrected chi connectivity index (χ4v) is 1.88. The van der Waals surface area contributed by atoms with Crippen molar-refractivity contribution >= 4 is 16.8 Å². The fraction of sp³-hybridized carbons (Fsp3) is 0.0714. The lowest BCUT2D eigenvalue weighted by Gasteiger charge is -2.04. The Morgan fingerprint density at radius 2 is 2.26 bits per heavy atom. The second kappa shape index (κ2) is 4.89. The van der Waals surface area contributed by atoms with Crippen LogP contribution in [-0.2, 0) is 6.54 Å². The van der Waals surface area contributed by atoms with E-state index in [0.29, 0.717) is 12.1 Å². The second-order valence-corrected chi connectivity index (χ2v) is 4.17. The number of aromatic nitrogens is 3. The van der Waals surface area contributed by atoms with Gasteiger partial charge in [-0.15, -0.1) is 0 Å². The van der Waals surface area contributed by atoms with E-state index in [2.05, 4.69) is 20.3 Å². The van der Waals surface area contributed by atoms with E-state index in [1.54, 1.807) is 24.8 Å². The standard InChI is InChI=1S/C14H12N4O/c19-14(17-8-12-7-15-9-18-12)11-3-4-13-10(6-11)2-1-5-16-13/h1-7,9H,8H2,(H,15,18)(H,17,19). The molecule has 3 aromatic rings. The summed E-state index contributed by atoms with van der Waals surface area (Å²) in [6.45, 7) is 0.434. The zero-order valence-corrected chi connectivity index (χ0v) is 10.1. The highest BCUT2D eigenvalue weighted by molar-refractivity contribution is 5.97. The highest BCUT2D eigenvalue weighted by Crippen LogP contribution is 2.13. The molecule has 5 nitrogen and oxygen atoms in total. The van der Waals surface area contributed by atoms with E-state index in [1.807, 2.05) is 24.3 Å². The molecule has 2 N–H and O–H groups in total. The van der Waals surface area contributed by atoms with E-state index >= 15 is 0 Å². The molecule has 0 aliphatic rings. The molecule has 0 aliphatic heterocycles. The summed E-state index contributed by atoms with van der Waals surface area (Å²) in [5.41, 5.74) is 2.38. The van der Waals surface area contributed by atoms with Gasteiger partial charge < -0.3 is 10.3 Å². The molecule has 1 amide bonds. The predicted octanol–water partition coefficient (Wildman–Crippen LogP) is 1.89. The third-order valence-corrected chi connectivity index (χ3v) is 2.86. The largest absolute Gasteiger partial charge is 0.347 e. The summed E-state index contributed by atoms with van der Waals surface area (Å²) in [6.07, 6.45) is 5.01. The number of H-pyrrole nitrogens is 1. The van der Waals surface area contributed by atoms with E-state index in [4.69, 9.17) is 0 Å². The van der Waals surface area contributed by atoms with Gasteiger partial charge in [0.25, 0.3) is 5.91 Å². The molecular weight excluding hydrogens is 240 g/mol. The molecule has 2 heterocycles. The Bertz CT molecular complexity index is 706. The molecule has 3 rings (SSSR count). The number of nitrogens with one attached hydrogen (secondary N) is 2. The van der Waals surface area contributed by atoms with E-state index in [0.717, 1.165) is 16.6 Å². The quantitative estimate of drug-likeness (QED) is 0.747. The molecule has 1 aromatic carbocycles. The van der Waals surface area contributed by atoms with E-state index < -0.39 is 0 Å². The van der Waals surface area contributed by atoms with Crippen LogP contribution in [0.3, 0.4) is 0 Å². The number of imidazole rings is 1. The first-order valence-corrected chi connectivity index (χ1v) is 5.93. The van der Waals surface area contributed by atoms with Crippen LogP contribution in [0.4, 0.5) is 0 Å². The third kappa shape index (κ3) is 2.44. The van der Waals surface area contributed by atoms with Crippen LogP contribution in [0.2, 0.25) is 0 Å². The average molecular weight is 252 g/mol. The molecular formula is C14H12N4O. The normalized spacial score (nSPS) is 10.5. The number of benzene rings is 1. The molecule has 0 bridgehead atoms. The van der Waals surface area contributed by atoms with E-state index in [1.165, 1.54) is 0 Å². The zero-order valence-electron chi connectivity index (χ0n) is 10.1. The third-order valence-electron chi connectivity index (χ3n) is 2.86. The molecule has 94 valence electrons. The predicted molar refractivity (Wildman–Crippen MR) is 71.5 cm³/mol. The number of pyridine rings is 1. The van der Waals surface area contributed by atoms with E-state index in [-0.39, 0.29) is 5.91 Å². The average Bonchev–Trinajstić information content (AvgIpc) is 2.97. The summed E-state index contributed by atoms with van der Waals surface area (Å²) in [6, 6.07) is 9.26. The molecule has 0 atom stereocenters. The van der Waals surface area contributed by atoms with Crippen LogP contribution >= 0.6 is 0 Å². The van der Waals surface area contributed by atoms with Gasteiger partial charge in [0.15, 0.2) is 0 Å². The Balaban J connectivity index is 1.77. The first kappa shape index (κ1) is 11.4. The minimum Gasteiger partial charge on any atom is -0.347 e. The van der Waals surface area contributed by atoms with Crippen molar-refractivity contribution in [2.45, 2.75) is 6.54 Å². The van der Waals surface area contributed by atoms with Crippen LogP contribution in [-0.4, -0.2) is 20.9 Å². The number of rotatable bonds is 3. The van der Waals surface area contributed by atoms with Gasteiger partial charge in [-0.2, -0.15) is 0 Å². The molecule has 0 saturated carbocycles. The molecule has 0 spiro atoms. The van der Waals surface area contributed by atoms with Crippen molar-refractivity contribution in [3.8, 4) is 0 Å². The first-order chi connectivity index (χ1) is 9.33. The van der Waals surface area contributed by atoms with Crippen molar-refractivity contribution in [2.75, 3.05) is 0 Å². The smallest absolute Gasteiger partial charge is 0.251 e. The number of carbonyl (C=O) groups is 1. The first-order valence-electron chi connectivity index (χ1n) is 5.93. The zero-order chi connectivity index (χ0) is 13.1. The monoisotopic (exact) mass is 252 g/mol. The summed E-state index contributed by atoms with van der Waals surface area (Å²) in [5.74, 6) is -0.111. The van der Waals surface area contributed by atoms with E-state index in [9.17, 15) is 4.79 Å². The van der Waals surface area contributed by atoms with Gasteiger partial charge in [-0.3, -0.25) is 9.78 Å². The van der Waals surface area contributed by atoms with Gasteiger partial charge in [-0.05, 0) is 24.3 Å². The van der Waals surface area contributed by atoms with Crippen LogP contribution in [0, 0.1) is 0 Å². The maximum Gasteiger partial charge on any atom is 0.251 e. The summed E-state index contributed by atoms with van der Waals surface area (Å²) >= 11 is 0. The maximum atomic E-state index is 12.0. The number of amides is 1. The summed E-state index contributed by atoms with van der Waals surface area (Å²) in [4.78, 5) is 23.1. The Kier molecular flexibility index (Phi) is 2.94. The molecule has 5 heteroatoms. The van der Waals surface area contributed by atoms with Crippen molar-refractivity contribution in [3.63, 3.8) is 0 Å². The molecule has 0 saturated heterocycles. The van der Waals surface area contributed by atoms with Crippen molar-refractivity contribution in [1.82, 2.24) is 20.3 Å². The van der Waals surface area contributed by atoms with Gasteiger partial charge in [0.05, 0.1) is 24.1 Å². The van der Waals surface area contributed by atoms with Gasteiger partial charge in [0.2, 0.25) is 0 Å². The summed E-state index contributed by atoms with van der Waals surface area (Å²) < 4.78 is 0.